The Morgan fingerprint density at radius 1 is 1.08 bits per heavy atom. The molecule has 1 aliphatic heterocycles. The van der Waals surface area contributed by atoms with Crippen molar-refractivity contribution in [1.82, 2.24) is 14.2 Å². The zero-order valence-corrected chi connectivity index (χ0v) is 14.6. The lowest BCUT2D eigenvalue weighted by Crippen LogP contribution is -2.50. The monoisotopic (exact) mass is 347 g/mol. The summed E-state index contributed by atoms with van der Waals surface area (Å²) in [6, 6.07) is 7.17. The van der Waals surface area contributed by atoms with Gasteiger partial charge >= 0.3 is 0 Å². The van der Waals surface area contributed by atoms with Gasteiger partial charge in [0.1, 0.15) is 0 Å². The molecule has 1 saturated heterocycles. The normalized spacial score (nSPS) is 16.3. The highest BCUT2D eigenvalue weighted by atomic mass is 32.2. The zero-order chi connectivity index (χ0) is 17.3. The third-order valence-corrected chi connectivity index (χ3v) is 6.37. The molecule has 0 radical (unpaired) electrons. The molecular weight excluding hydrogens is 326 g/mol. The second-order valence-corrected chi connectivity index (χ2v) is 7.97. The Kier molecular flexibility index (Phi) is 4.47. The number of piperazine rings is 1. The highest BCUT2D eigenvalue weighted by Crippen LogP contribution is 2.22. The van der Waals surface area contributed by atoms with Crippen LogP contribution in [-0.2, 0) is 10.0 Å². The molecule has 0 atom stereocenters. The Morgan fingerprint density at radius 3 is 2.42 bits per heavy atom. The van der Waals surface area contributed by atoms with Crippen molar-refractivity contribution in [3.63, 3.8) is 0 Å². The van der Waals surface area contributed by atoms with Crippen LogP contribution in [0.2, 0.25) is 0 Å². The predicted molar refractivity (Wildman–Crippen MR) is 91.4 cm³/mol. The Morgan fingerprint density at radius 2 is 1.79 bits per heavy atom. The molecule has 1 aromatic heterocycles. The van der Waals surface area contributed by atoms with Gasteiger partial charge in [-0.2, -0.15) is 4.31 Å². The summed E-state index contributed by atoms with van der Waals surface area (Å²) in [7, 11) is -3.53. The Bertz CT molecular complexity index is 836. The molecule has 7 heteroatoms. The Labute approximate surface area is 142 Å². The van der Waals surface area contributed by atoms with Crippen LogP contribution in [0.3, 0.4) is 0 Å². The van der Waals surface area contributed by atoms with E-state index in [-0.39, 0.29) is 5.91 Å². The van der Waals surface area contributed by atoms with Crippen LogP contribution >= 0.6 is 0 Å². The zero-order valence-electron chi connectivity index (χ0n) is 13.8. The molecule has 2 aromatic rings. The average Bonchev–Trinajstić information content (AvgIpc) is 3.11. The van der Waals surface area contributed by atoms with Crippen molar-refractivity contribution in [2.45, 2.75) is 18.7 Å². The number of sulfonamides is 1. The van der Waals surface area contributed by atoms with E-state index in [1.54, 1.807) is 36.4 Å². The number of aromatic amines is 1. The van der Waals surface area contributed by atoms with Gasteiger partial charge in [0.2, 0.25) is 10.0 Å². The number of nitrogens with zero attached hydrogens (tertiary/aromatic N) is 2. The van der Waals surface area contributed by atoms with E-state index < -0.39 is 10.0 Å². The van der Waals surface area contributed by atoms with E-state index in [2.05, 4.69) is 4.98 Å². The minimum absolute atomic E-state index is 0.0694. The van der Waals surface area contributed by atoms with E-state index in [1.165, 1.54) is 4.31 Å². The fourth-order valence-corrected chi connectivity index (χ4v) is 4.63. The van der Waals surface area contributed by atoms with Crippen molar-refractivity contribution in [2.75, 3.05) is 26.2 Å². The lowest BCUT2D eigenvalue weighted by atomic mass is 10.2. The van der Waals surface area contributed by atoms with Gasteiger partial charge in [0, 0.05) is 38.6 Å². The molecule has 0 bridgehead atoms. The molecule has 1 aliphatic rings. The molecule has 0 spiro atoms. The number of rotatable bonds is 3. The standard InChI is InChI=1S/C17H21N3O3S/c1-13-3-4-14(2)16(11-13)24(22,23)20-9-7-19(8-10-20)17(21)15-5-6-18-12-15/h3-6,11-12,18H,7-10H2,1-2H3. The molecule has 2 heterocycles. The van der Waals surface area contributed by atoms with E-state index >= 15 is 0 Å². The molecule has 24 heavy (non-hydrogen) atoms. The van der Waals surface area contributed by atoms with Gasteiger partial charge in [-0.15, -0.1) is 0 Å². The number of nitrogens with one attached hydrogen (secondary N) is 1. The summed E-state index contributed by atoms with van der Waals surface area (Å²) >= 11 is 0. The van der Waals surface area contributed by atoms with Gasteiger partial charge in [0.05, 0.1) is 10.5 Å². The summed E-state index contributed by atoms with van der Waals surface area (Å²) in [5.74, 6) is -0.0694. The maximum Gasteiger partial charge on any atom is 0.255 e. The third-order valence-electron chi connectivity index (χ3n) is 4.33. The maximum atomic E-state index is 12.9. The molecule has 1 fully saturated rings. The van der Waals surface area contributed by atoms with Gasteiger partial charge in [-0.1, -0.05) is 12.1 Å². The van der Waals surface area contributed by atoms with Crippen molar-refractivity contribution in [3.8, 4) is 0 Å². The van der Waals surface area contributed by atoms with Crippen molar-refractivity contribution in [2.24, 2.45) is 0 Å². The van der Waals surface area contributed by atoms with Crippen molar-refractivity contribution < 1.29 is 13.2 Å². The lowest BCUT2D eigenvalue weighted by Gasteiger charge is -2.34. The molecule has 0 saturated carbocycles. The van der Waals surface area contributed by atoms with E-state index in [9.17, 15) is 13.2 Å². The molecule has 1 amide bonds. The number of hydrogen-bond donors (Lipinski definition) is 1. The molecule has 1 aromatic carbocycles. The summed E-state index contributed by atoms with van der Waals surface area (Å²) in [6.45, 7) is 5.10. The van der Waals surface area contributed by atoms with Gasteiger partial charge in [-0.05, 0) is 37.1 Å². The van der Waals surface area contributed by atoms with E-state index in [0.717, 1.165) is 11.1 Å². The van der Waals surface area contributed by atoms with Crippen LogP contribution < -0.4 is 0 Å². The molecule has 6 nitrogen and oxygen atoms in total. The van der Waals surface area contributed by atoms with Crippen molar-refractivity contribution in [3.05, 3.63) is 53.3 Å². The van der Waals surface area contributed by atoms with E-state index in [1.807, 2.05) is 19.1 Å². The first-order valence-corrected chi connectivity index (χ1v) is 9.33. The Balaban J connectivity index is 1.74. The summed E-state index contributed by atoms with van der Waals surface area (Å²) < 4.78 is 27.2. The number of benzene rings is 1. The number of aromatic nitrogens is 1. The summed E-state index contributed by atoms with van der Waals surface area (Å²) in [5, 5.41) is 0. The molecular formula is C17H21N3O3S. The Hall–Kier alpha value is -2.12. The van der Waals surface area contributed by atoms with Crippen LogP contribution in [0.4, 0.5) is 0 Å². The van der Waals surface area contributed by atoms with Crippen molar-refractivity contribution >= 4 is 15.9 Å². The number of H-pyrrole nitrogens is 1. The predicted octanol–water partition coefficient (Wildman–Crippen LogP) is 1.78. The van der Waals surface area contributed by atoms with Crippen molar-refractivity contribution in [1.29, 1.82) is 0 Å². The second kappa shape index (κ2) is 6.41. The van der Waals surface area contributed by atoms with Crippen LogP contribution in [0, 0.1) is 13.8 Å². The molecule has 3 rings (SSSR count). The molecule has 0 unspecified atom stereocenters. The summed E-state index contributed by atoms with van der Waals surface area (Å²) in [6.07, 6.45) is 3.36. The van der Waals surface area contributed by atoms with Gasteiger partial charge in [-0.3, -0.25) is 4.79 Å². The first-order valence-electron chi connectivity index (χ1n) is 7.89. The lowest BCUT2D eigenvalue weighted by molar-refractivity contribution is 0.0698. The second-order valence-electron chi connectivity index (χ2n) is 6.06. The SMILES string of the molecule is Cc1ccc(C)c(S(=O)(=O)N2CCN(C(=O)c3cc[nH]c3)CC2)c1. The fourth-order valence-electron chi connectivity index (χ4n) is 2.90. The highest BCUT2D eigenvalue weighted by Gasteiger charge is 2.31. The van der Waals surface area contributed by atoms with Crippen LogP contribution in [0.5, 0.6) is 0 Å². The summed E-state index contributed by atoms with van der Waals surface area (Å²) in [4.78, 5) is 17.2. The van der Waals surface area contributed by atoms with Crippen LogP contribution in [0.1, 0.15) is 21.5 Å². The largest absolute Gasteiger partial charge is 0.367 e. The number of hydrogen-bond acceptors (Lipinski definition) is 3. The maximum absolute atomic E-state index is 12.9. The van der Waals surface area contributed by atoms with Gasteiger partial charge in [0.25, 0.3) is 5.91 Å². The minimum atomic E-state index is -3.53. The topological polar surface area (TPSA) is 73.5 Å². The average molecular weight is 347 g/mol. The molecule has 0 aliphatic carbocycles. The quantitative estimate of drug-likeness (QED) is 0.920. The third kappa shape index (κ3) is 3.09. The van der Waals surface area contributed by atoms with E-state index in [0.29, 0.717) is 36.6 Å². The number of aryl methyl sites for hydroxylation is 2. The highest BCUT2D eigenvalue weighted by molar-refractivity contribution is 7.89. The minimum Gasteiger partial charge on any atom is -0.367 e. The first kappa shape index (κ1) is 16.7. The smallest absolute Gasteiger partial charge is 0.255 e. The number of amides is 1. The van der Waals surface area contributed by atoms with Gasteiger partial charge in [-0.25, -0.2) is 8.42 Å². The first-order chi connectivity index (χ1) is 11.4. The number of carbonyl (C=O) groups excluding carboxylic acids is 1. The summed E-state index contributed by atoms with van der Waals surface area (Å²) in [5.41, 5.74) is 2.26. The molecule has 1 N–H and O–H groups in total. The van der Waals surface area contributed by atoms with Crippen LogP contribution in [-0.4, -0.2) is 54.7 Å². The van der Waals surface area contributed by atoms with Crippen LogP contribution in [0.15, 0.2) is 41.6 Å². The van der Waals surface area contributed by atoms with Gasteiger partial charge in [0.15, 0.2) is 0 Å². The fraction of sp³-hybridized carbons (Fsp3) is 0.353. The van der Waals surface area contributed by atoms with Crippen LogP contribution in [0.25, 0.3) is 0 Å². The van der Waals surface area contributed by atoms with Gasteiger partial charge < -0.3 is 9.88 Å². The van der Waals surface area contributed by atoms with E-state index in [4.69, 9.17) is 0 Å². The molecule has 128 valence electrons. The number of carbonyl (C=O) groups is 1.